The van der Waals surface area contributed by atoms with Crippen molar-refractivity contribution in [1.82, 2.24) is 9.78 Å². The van der Waals surface area contributed by atoms with Crippen molar-refractivity contribution in [3.63, 3.8) is 0 Å². The third-order valence-corrected chi connectivity index (χ3v) is 4.28. The Balaban J connectivity index is 2.40. The van der Waals surface area contributed by atoms with E-state index in [1.165, 1.54) is 22.9 Å². The SMILES string of the molecule is Cc1nn(C)cc1NS(=O)(=O)c1ccc(C(N)=O)cc1N. The Hall–Kier alpha value is -2.55. The van der Waals surface area contributed by atoms with Gasteiger partial charge in [-0.2, -0.15) is 5.10 Å². The van der Waals surface area contributed by atoms with Crippen molar-refractivity contribution in [3.8, 4) is 0 Å². The second-order valence-corrected chi connectivity index (χ2v) is 6.18. The minimum absolute atomic E-state index is 0.0552. The maximum Gasteiger partial charge on any atom is 0.264 e. The molecule has 1 amide bonds. The second kappa shape index (κ2) is 5.09. The number of hydrogen-bond donors (Lipinski definition) is 3. The monoisotopic (exact) mass is 309 g/mol. The van der Waals surface area contributed by atoms with Crippen molar-refractivity contribution in [2.75, 3.05) is 10.5 Å². The molecule has 1 aromatic carbocycles. The highest BCUT2D eigenvalue weighted by Crippen LogP contribution is 2.23. The third kappa shape index (κ3) is 2.97. The number of carbonyl (C=O) groups excluding carboxylic acids is 1. The molecule has 112 valence electrons. The molecule has 0 saturated heterocycles. The summed E-state index contributed by atoms with van der Waals surface area (Å²) in [7, 11) is -2.19. The first-order chi connectivity index (χ1) is 9.70. The summed E-state index contributed by atoms with van der Waals surface area (Å²) < 4.78 is 28.5. The molecule has 0 aliphatic carbocycles. The number of amides is 1. The Bertz CT molecular complexity index is 810. The average Bonchev–Trinajstić information content (AvgIpc) is 2.66. The molecule has 1 heterocycles. The van der Waals surface area contributed by atoms with Crippen LogP contribution in [-0.2, 0) is 17.1 Å². The lowest BCUT2D eigenvalue weighted by molar-refractivity contribution is 0.1000. The molecule has 2 rings (SSSR count). The number of anilines is 2. The molecule has 1 aromatic heterocycles. The van der Waals surface area contributed by atoms with Crippen LogP contribution in [0.4, 0.5) is 11.4 Å². The van der Waals surface area contributed by atoms with Crippen molar-refractivity contribution in [2.45, 2.75) is 11.8 Å². The minimum atomic E-state index is -3.88. The standard InChI is InChI=1S/C12H15N5O3S/c1-7-10(6-17(2)15-7)16-21(19,20)11-4-3-8(12(14)18)5-9(11)13/h3-6,16H,13H2,1-2H3,(H2,14,18). The minimum Gasteiger partial charge on any atom is -0.398 e. The number of aryl methyl sites for hydroxylation is 2. The van der Waals surface area contributed by atoms with Gasteiger partial charge in [0.2, 0.25) is 5.91 Å². The first-order valence-electron chi connectivity index (χ1n) is 5.93. The Morgan fingerprint density at radius 3 is 2.52 bits per heavy atom. The molecule has 0 unspecified atom stereocenters. The summed E-state index contributed by atoms with van der Waals surface area (Å²) in [6.07, 6.45) is 1.54. The zero-order chi connectivity index (χ0) is 15.8. The van der Waals surface area contributed by atoms with Crippen LogP contribution in [-0.4, -0.2) is 24.1 Å². The van der Waals surface area contributed by atoms with Gasteiger partial charge in [-0.05, 0) is 25.1 Å². The number of sulfonamides is 1. The maximum atomic E-state index is 12.3. The predicted octanol–water partition coefficient (Wildman–Crippen LogP) is 0.210. The molecule has 0 saturated carbocycles. The summed E-state index contributed by atoms with van der Waals surface area (Å²) in [5.74, 6) is -0.679. The van der Waals surface area contributed by atoms with Gasteiger partial charge in [0.05, 0.1) is 17.1 Å². The van der Waals surface area contributed by atoms with Gasteiger partial charge in [-0.25, -0.2) is 8.42 Å². The largest absolute Gasteiger partial charge is 0.398 e. The van der Waals surface area contributed by atoms with Crippen molar-refractivity contribution in [3.05, 3.63) is 35.7 Å². The van der Waals surface area contributed by atoms with E-state index in [1.54, 1.807) is 20.2 Å². The molecule has 2 aromatic rings. The lowest BCUT2D eigenvalue weighted by Gasteiger charge is -2.10. The molecule has 9 heteroatoms. The van der Waals surface area contributed by atoms with E-state index >= 15 is 0 Å². The van der Waals surface area contributed by atoms with E-state index in [-0.39, 0.29) is 16.1 Å². The number of nitrogens with two attached hydrogens (primary N) is 2. The van der Waals surface area contributed by atoms with E-state index in [9.17, 15) is 13.2 Å². The molecule has 21 heavy (non-hydrogen) atoms. The highest BCUT2D eigenvalue weighted by molar-refractivity contribution is 7.92. The first-order valence-corrected chi connectivity index (χ1v) is 7.41. The Morgan fingerprint density at radius 2 is 2.05 bits per heavy atom. The first kappa shape index (κ1) is 14.9. The molecule has 0 fully saturated rings. The number of rotatable bonds is 4. The number of aromatic nitrogens is 2. The number of carbonyl (C=O) groups is 1. The molecule has 0 spiro atoms. The fourth-order valence-corrected chi connectivity index (χ4v) is 3.06. The Morgan fingerprint density at radius 1 is 1.38 bits per heavy atom. The summed E-state index contributed by atoms with van der Waals surface area (Å²) in [5.41, 5.74) is 11.8. The van der Waals surface area contributed by atoms with E-state index in [0.717, 1.165) is 0 Å². The summed E-state index contributed by atoms with van der Waals surface area (Å²) in [5, 5.41) is 4.05. The molecular weight excluding hydrogens is 294 g/mol. The normalized spacial score (nSPS) is 11.3. The molecular formula is C12H15N5O3S. The summed E-state index contributed by atoms with van der Waals surface area (Å²) in [6.45, 7) is 1.68. The number of benzene rings is 1. The van der Waals surface area contributed by atoms with Crippen LogP contribution in [0.1, 0.15) is 16.1 Å². The van der Waals surface area contributed by atoms with Crippen LogP contribution in [0.15, 0.2) is 29.3 Å². The maximum absolute atomic E-state index is 12.3. The number of nitrogen functional groups attached to an aromatic ring is 1. The van der Waals surface area contributed by atoms with E-state index in [1.807, 2.05) is 0 Å². The van der Waals surface area contributed by atoms with E-state index in [0.29, 0.717) is 11.4 Å². The quantitative estimate of drug-likeness (QED) is 0.694. The van der Waals surface area contributed by atoms with Crippen molar-refractivity contribution in [2.24, 2.45) is 12.8 Å². The average molecular weight is 309 g/mol. The van der Waals surface area contributed by atoms with Gasteiger partial charge in [-0.1, -0.05) is 0 Å². The van der Waals surface area contributed by atoms with Gasteiger partial charge in [0.15, 0.2) is 0 Å². The molecule has 8 nitrogen and oxygen atoms in total. The summed E-state index contributed by atoms with van der Waals surface area (Å²) in [6, 6.07) is 3.78. The number of nitrogens with zero attached hydrogens (tertiary/aromatic N) is 2. The molecule has 5 N–H and O–H groups in total. The smallest absolute Gasteiger partial charge is 0.264 e. The molecule has 0 atom stereocenters. The van der Waals surface area contributed by atoms with Gasteiger partial charge in [0, 0.05) is 18.8 Å². The Kier molecular flexibility index (Phi) is 3.60. The fourth-order valence-electron chi connectivity index (χ4n) is 1.85. The molecule has 0 bridgehead atoms. The second-order valence-electron chi connectivity index (χ2n) is 4.52. The highest BCUT2D eigenvalue weighted by atomic mass is 32.2. The molecule has 0 aliphatic rings. The van der Waals surface area contributed by atoms with Crippen LogP contribution in [0.3, 0.4) is 0 Å². The molecule has 0 radical (unpaired) electrons. The van der Waals surface area contributed by atoms with Crippen molar-refractivity contribution in [1.29, 1.82) is 0 Å². The summed E-state index contributed by atoms with van der Waals surface area (Å²) in [4.78, 5) is 10.9. The van der Waals surface area contributed by atoms with Crippen LogP contribution in [0.2, 0.25) is 0 Å². The van der Waals surface area contributed by atoms with E-state index < -0.39 is 15.9 Å². The van der Waals surface area contributed by atoms with Crippen LogP contribution in [0.25, 0.3) is 0 Å². The third-order valence-electron chi connectivity index (χ3n) is 2.84. The number of nitrogens with one attached hydrogen (secondary N) is 1. The molecule has 0 aliphatic heterocycles. The highest BCUT2D eigenvalue weighted by Gasteiger charge is 2.20. The van der Waals surface area contributed by atoms with Gasteiger partial charge in [-0.3, -0.25) is 14.2 Å². The Labute approximate surface area is 121 Å². The zero-order valence-electron chi connectivity index (χ0n) is 11.5. The summed E-state index contributed by atoms with van der Waals surface area (Å²) >= 11 is 0. The fraction of sp³-hybridized carbons (Fsp3) is 0.167. The van der Waals surface area contributed by atoms with Gasteiger partial charge >= 0.3 is 0 Å². The van der Waals surface area contributed by atoms with Crippen LogP contribution >= 0.6 is 0 Å². The number of hydrogen-bond acceptors (Lipinski definition) is 5. The van der Waals surface area contributed by atoms with Crippen LogP contribution in [0, 0.1) is 6.92 Å². The van der Waals surface area contributed by atoms with E-state index in [4.69, 9.17) is 11.5 Å². The van der Waals surface area contributed by atoms with Crippen LogP contribution in [0.5, 0.6) is 0 Å². The topological polar surface area (TPSA) is 133 Å². The van der Waals surface area contributed by atoms with Gasteiger partial charge in [0.1, 0.15) is 4.90 Å². The lowest BCUT2D eigenvalue weighted by Crippen LogP contribution is -2.17. The van der Waals surface area contributed by atoms with Gasteiger partial charge in [-0.15, -0.1) is 0 Å². The lowest BCUT2D eigenvalue weighted by atomic mass is 10.2. The van der Waals surface area contributed by atoms with Crippen molar-refractivity contribution >= 4 is 27.3 Å². The zero-order valence-corrected chi connectivity index (χ0v) is 12.3. The predicted molar refractivity (Wildman–Crippen MR) is 78.1 cm³/mol. The number of primary amides is 1. The van der Waals surface area contributed by atoms with Gasteiger partial charge in [0.25, 0.3) is 10.0 Å². The van der Waals surface area contributed by atoms with Gasteiger partial charge < -0.3 is 11.5 Å². The van der Waals surface area contributed by atoms with E-state index in [2.05, 4.69) is 9.82 Å². The van der Waals surface area contributed by atoms with Crippen LogP contribution < -0.4 is 16.2 Å². The van der Waals surface area contributed by atoms with Crippen molar-refractivity contribution < 1.29 is 13.2 Å².